The van der Waals surface area contributed by atoms with Crippen molar-refractivity contribution in [1.82, 2.24) is 9.78 Å². The molecular formula is C14H15F3N2O. The zero-order valence-electron chi connectivity index (χ0n) is 10.9. The van der Waals surface area contributed by atoms with E-state index in [1.165, 1.54) is 4.68 Å². The summed E-state index contributed by atoms with van der Waals surface area (Å²) in [5, 5.41) is 14.0. The maximum absolute atomic E-state index is 12.6. The van der Waals surface area contributed by atoms with Gasteiger partial charge in [-0.2, -0.15) is 18.3 Å². The van der Waals surface area contributed by atoms with Crippen molar-refractivity contribution in [2.24, 2.45) is 0 Å². The molecule has 1 aromatic heterocycles. The van der Waals surface area contributed by atoms with Gasteiger partial charge in [-0.15, -0.1) is 0 Å². The topological polar surface area (TPSA) is 38.0 Å². The predicted octanol–water partition coefficient (Wildman–Crippen LogP) is 3.59. The third kappa shape index (κ3) is 3.01. The third-order valence-electron chi connectivity index (χ3n) is 3.19. The monoisotopic (exact) mass is 284 g/mol. The molecule has 0 fully saturated rings. The van der Waals surface area contributed by atoms with Gasteiger partial charge in [0.15, 0.2) is 0 Å². The predicted molar refractivity (Wildman–Crippen MR) is 68.0 cm³/mol. The van der Waals surface area contributed by atoms with Gasteiger partial charge in [-0.3, -0.25) is 4.68 Å². The van der Waals surface area contributed by atoms with Gasteiger partial charge in [-0.05, 0) is 12.0 Å². The molecule has 0 spiro atoms. The van der Waals surface area contributed by atoms with Crippen LogP contribution < -0.4 is 0 Å². The lowest BCUT2D eigenvalue weighted by Crippen LogP contribution is -2.18. The first kappa shape index (κ1) is 14.6. The molecule has 0 aliphatic heterocycles. The van der Waals surface area contributed by atoms with Crippen LogP contribution in [0.4, 0.5) is 13.2 Å². The molecular weight excluding hydrogens is 269 g/mol. The first-order valence-electron chi connectivity index (χ1n) is 6.28. The summed E-state index contributed by atoms with van der Waals surface area (Å²) >= 11 is 0. The SMILES string of the molecule is CCC(C(O)c1ccccc1)n1cc(C(F)(F)F)cn1. The van der Waals surface area contributed by atoms with Gasteiger partial charge < -0.3 is 5.11 Å². The molecule has 0 radical (unpaired) electrons. The van der Waals surface area contributed by atoms with Crippen LogP contribution in [0.1, 0.15) is 36.6 Å². The van der Waals surface area contributed by atoms with Crippen molar-refractivity contribution in [3.63, 3.8) is 0 Å². The van der Waals surface area contributed by atoms with Crippen LogP contribution in [0.5, 0.6) is 0 Å². The molecule has 2 atom stereocenters. The Morgan fingerprint density at radius 1 is 1.25 bits per heavy atom. The first-order chi connectivity index (χ1) is 9.43. The lowest BCUT2D eigenvalue weighted by Gasteiger charge is -2.22. The molecule has 0 aliphatic rings. The summed E-state index contributed by atoms with van der Waals surface area (Å²) in [6.07, 6.45) is -3.15. The molecule has 1 aromatic carbocycles. The Labute approximate surface area is 114 Å². The van der Waals surface area contributed by atoms with Crippen molar-refractivity contribution < 1.29 is 18.3 Å². The zero-order valence-corrected chi connectivity index (χ0v) is 10.9. The molecule has 2 unspecified atom stereocenters. The van der Waals surface area contributed by atoms with Gasteiger partial charge >= 0.3 is 6.18 Å². The summed E-state index contributed by atoms with van der Waals surface area (Å²) in [4.78, 5) is 0. The second-order valence-corrected chi connectivity index (χ2v) is 4.54. The normalized spacial score (nSPS) is 15.1. The lowest BCUT2D eigenvalue weighted by atomic mass is 10.0. The van der Waals surface area contributed by atoms with E-state index in [1.807, 2.05) is 6.07 Å². The van der Waals surface area contributed by atoms with Crippen molar-refractivity contribution in [2.75, 3.05) is 0 Å². The molecule has 0 bridgehead atoms. The number of benzene rings is 1. The number of alkyl halides is 3. The van der Waals surface area contributed by atoms with Gasteiger partial charge in [0.1, 0.15) is 6.10 Å². The third-order valence-corrected chi connectivity index (χ3v) is 3.19. The van der Waals surface area contributed by atoms with Crippen LogP contribution in [0.25, 0.3) is 0 Å². The Balaban J connectivity index is 2.26. The number of hydrogen-bond donors (Lipinski definition) is 1. The number of aromatic nitrogens is 2. The van der Waals surface area contributed by atoms with Crippen molar-refractivity contribution in [3.05, 3.63) is 53.9 Å². The molecule has 3 nitrogen and oxygen atoms in total. The van der Waals surface area contributed by atoms with E-state index >= 15 is 0 Å². The Kier molecular flexibility index (Phi) is 4.13. The molecule has 20 heavy (non-hydrogen) atoms. The Bertz CT molecular complexity index is 551. The summed E-state index contributed by atoms with van der Waals surface area (Å²) in [6.45, 7) is 1.80. The minimum Gasteiger partial charge on any atom is -0.386 e. The van der Waals surface area contributed by atoms with Crippen molar-refractivity contribution in [3.8, 4) is 0 Å². The highest BCUT2D eigenvalue weighted by Gasteiger charge is 2.33. The highest BCUT2D eigenvalue weighted by Crippen LogP contribution is 2.32. The summed E-state index contributed by atoms with van der Waals surface area (Å²) in [7, 11) is 0. The van der Waals surface area contributed by atoms with Crippen LogP contribution >= 0.6 is 0 Å². The van der Waals surface area contributed by atoms with E-state index in [1.54, 1.807) is 31.2 Å². The molecule has 1 heterocycles. The minimum absolute atomic E-state index is 0.467. The fraction of sp³-hybridized carbons (Fsp3) is 0.357. The molecule has 0 saturated carbocycles. The summed E-state index contributed by atoms with van der Waals surface area (Å²) < 4.78 is 38.9. The van der Waals surface area contributed by atoms with Crippen LogP contribution in [-0.2, 0) is 6.18 Å². The van der Waals surface area contributed by atoms with Gasteiger partial charge in [0, 0.05) is 6.20 Å². The Morgan fingerprint density at radius 3 is 2.40 bits per heavy atom. The number of halogens is 3. The fourth-order valence-electron chi connectivity index (χ4n) is 2.09. The highest BCUT2D eigenvalue weighted by atomic mass is 19.4. The average molecular weight is 284 g/mol. The Morgan fingerprint density at radius 2 is 1.90 bits per heavy atom. The second-order valence-electron chi connectivity index (χ2n) is 4.54. The standard InChI is InChI=1S/C14H15F3N2O/c1-2-12(13(20)10-6-4-3-5-7-10)19-9-11(8-18-19)14(15,16)17/h3-9,12-13,20H,2H2,1H3. The molecule has 0 saturated heterocycles. The van der Waals surface area contributed by atoms with E-state index in [2.05, 4.69) is 5.10 Å². The number of hydrogen-bond acceptors (Lipinski definition) is 2. The lowest BCUT2D eigenvalue weighted by molar-refractivity contribution is -0.137. The fourth-order valence-corrected chi connectivity index (χ4v) is 2.09. The largest absolute Gasteiger partial charge is 0.419 e. The molecule has 6 heteroatoms. The van der Waals surface area contributed by atoms with Crippen LogP contribution in [0.15, 0.2) is 42.7 Å². The van der Waals surface area contributed by atoms with Crippen LogP contribution in [0, 0.1) is 0 Å². The molecule has 2 rings (SSSR count). The van der Waals surface area contributed by atoms with E-state index < -0.39 is 23.9 Å². The van der Waals surface area contributed by atoms with E-state index in [-0.39, 0.29) is 0 Å². The van der Waals surface area contributed by atoms with Crippen molar-refractivity contribution in [1.29, 1.82) is 0 Å². The van der Waals surface area contributed by atoms with E-state index in [9.17, 15) is 18.3 Å². The smallest absolute Gasteiger partial charge is 0.386 e. The van der Waals surface area contributed by atoms with Crippen LogP contribution in [0.2, 0.25) is 0 Å². The summed E-state index contributed by atoms with van der Waals surface area (Å²) in [5.74, 6) is 0. The summed E-state index contributed by atoms with van der Waals surface area (Å²) in [6, 6.07) is 8.30. The van der Waals surface area contributed by atoms with Gasteiger partial charge in [0.25, 0.3) is 0 Å². The minimum atomic E-state index is -4.42. The summed E-state index contributed by atoms with van der Waals surface area (Å²) in [5.41, 5.74) is -0.153. The molecule has 1 N–H and O–H groups in total. The maximum atomic E-state index is 12.6. The molecule has 108 valence electrons. The molecule has 2 aromatic rings. The molecule has 0 aliphatic carbocycles. The highest BCUT2D eigenvalue weighted by molar-refractivity contribution is 5.19. The van der Waals surface area contributed by atoms with Gasteiger partial charge in [0.2, 0.25) is 0 Å². The van der Waals surface area contributed by atoms with Gasteiger partial charge in [-0.25, -0.2) is 0 Å². The molecule has 0 amide bonds. The van der Waals surface area contributed by atoms with E-state index in [4.69, 9.17) is 0 Å². The van der Waals surface area contributed by atoms with Crippen LogP contribution in [0.3, 0.4) is 0 Å². The van der Waals surface area contributed by atoms with Gasteiger partial charge in [-0.1, -0.05) is 37.3 Å². The number of nitrogens with zero attached hydrogens (tertiary/aromatic N) is 2. The van der Waals surface area contributed by atoms with Gasteiger partial charge in [0.05, 0.1) is 17.8 Å². The average Bonchev–Trinajstić information content (AvgIpc) is 2.90. The van der Waals surface area contributed by atoms with Crippen LogP contribution in [-0.4, -0.2) is 14.9 Å². The van der Waals surface area contributed by atoms with E-state index in [0.717, 1.165) is 12.4 Å². The number of aliphatic hydroxyl groups is 1. The van der Waals surface area contributed by atoms with Crippen molar-refractivity contribution in [2.45, 2.75) is 31.7 Å². The zero-order chi connectivity index (χ0) is 14.8. The maximum Gasteiger partial charge on any atom is 0.419 e. The van der Waals surface area contributed by atoms with Crippen molar-refractivity contribution >= 4 is 0 Å². The quantitative estimate of drug-likeness (QED) is 0.931. The van der Waals surface area contributed by atoms with E-state index in [0.29, 0.717) is 12.0 Å². The number of rotatable bonds is 4. The Hall–Kier alpha value is -1.82. The second kappa shape index (κ2) is 5.66. The number of aliphatic hydroxyl groups excluding tert-OH is 1. The first-order valence-corrected chi connectivity index (χ1v) is 6.28.